The number of hydrogen-bond acceptors (Lipinski definition) is 5. The van der Waals surface area contributed by atoms with Crippen molar-refractivity contribution in [2.75, 3.05) is 16.8 Å². The van der Waals surface area contributed by atoms with E-state index in [9.17, 15) is 9.59 Å². The van der Waals surface area contributed by atoms with Crippen molar-refractivity contribution in [2.45, 2.75) is 11.7 Å². The molecule has 0 aliphatic heterocycles. The maximum absolute atomic E-state index is 12.0. The number of nitrogens with one attached hydrogen (secondary N) is 1. The Hall–Kier alpha value is -2.25. The number of amides is 1. The Labute approximate surface area is 142 Å². The average Bonchev–Trinajstić information content (AvgIpc) is 2.50. The van der Waals surface area contributed by atoms with Gasteiger partial charge in [0, 0.05) is 23.3 Å². The van der Waals surface area contributed by atoms with Gasteiger partial charge in [-0.25, -0.2) is 0 Å². The minimum atomic E-state index is -0.441. The predicted molar refractivity (Wildman–Crippen MR) is 93.9 cm³/mol. The van der Waals surface area contributed by atoms with Gasteiger partial charge >= 0.3 is 0 Å². The number of hydrogen-bond donors (Lipinski definition) is 2. The fourth-order valence-corrected chi connectivity index (χ4v) is 2.73. The van der Waals surface area contributed by atoms with Gasteiger partial charge in [0.1, 0.15) is 5.82 Å². The molecule has 120 valence electrons. The summed E-state index contributed by atoms with van der Waals surface area (Å²) in [5, 5.41) is 3.70. The van der Waals surface area contributed by atoms with Gasteiger partial charge in [-0.15, -0.1) is 6.58 Å². The largest absolute Gasteiger partial charge is 0.385 e. The average molecular weight is 351 g/mol. The fraction of sp³-hybridized carbons (Fsp3) is 0.133. The highest BCUT2D eigenvalue weighted by molar-refractivity contribution is 7.99. The molecule has 0 unspecified atom stereocenters. The molecule has 0 bridgehead atoms. The van der Waals surface area contributed by atoms with Gasteiger partial charge in [-0.2, -0.15) is 4.98 Å². The number of aromatic nitrogens is 2. The summed E-state index contributed by atoms with van der Waals surface area (Å²) in [6, 6.07) is 8.02. The summed E-state index contributed by atoms with van der Waals surface area (Å²) in [7, 11) is 0. The monoisotopic (exact) mass is 350 g/mol. The van der Waals surface area contributed by atoms with E-state index < -0.39 is 5.56 Å². The lowest BCUT2D eigenvalue weighted by atomic mass is 10.3. The van der Waals surface area contributed by atoms with E-state index in [1.807, 2.05) is 0 Å². The lowest BCUT2D eigenvalue weighted by Crippen LogP contribution is -2.19. The summed E-state index contributed by atoms with van der Waals surface area (Å²) in [5.41, 5.74) is 6.00. The second-order valence-electron chi connectivity index (χ2n) is 4.54. The number of rotatable bonds is 6. The standard InChI is InChI=1S/C15H15ClN4O2S/c1-2-7-20-12(17)8-13(21)19-15(20)23-9-14(22)18-11-5-3-10(16)4-6-11/h2-6,8H,1,7,9,17H2,(H,18,22). The van der Waals surface area contributed by atoms with Gasteiger partial charge in [-0.1, -0.05) is 29.4 Å². The summed E-state index contributed by atoms with van der Waals surface area (Å²) in [6.45, 7) is 4.04. The minimum Gasteiger partial charge on any atom is -0.385 e. The lowest BCUT2D eigenvalue weighted by molar-refractivity contribution is -0.113. The normalized spacial score (nSPS) is 10.3. The zero-order chi connectivity index (χ0) is 16.8. The number of anilines is 2. The quantitative estimate of drug-likeness (QED) is 0.474. The molecule has 2 rings (SSSR count). The van der Waals surface area contributed by atoms with E-state index in [-0.39, 0.29) is 17.5 Å². The first-order valence-corrected chi connectivity index (χ1v) is 8.02. The molecular formula is C15H15ClN4O2S. The Morgan fingerprint density at radius 2 is 2.13 bits per heavy atom. The van der Waals surface area contributed by atoms with Gasteiger partial charge in [0.05, 0.1) is 5.75 Å². The number of halogens is 1. The second-order valence-corrected chi connectivity index (χ2v) is 5.92. The van der Waals surface area contributed by atoms with E-state index >= 15 is 0 Å². The molecule has 2 aromatic rings. The van der Waals surface area contributed by atoms with Crippen LogP contribution in [0.4, 0.5) is 11.5 Å². The molecule has 0 saturated carbocycles. The number of carbonyl (C=O) groups excluding carboxylic acids is 1. The predicted octanol–water partition coefficient (Wildman–Crippen LogP) is 2.40. The molecule has 0 spiro atoms. The van der Waals surface area contributed by atoms with Crippen molar-refractivity contribution in [1.29, 1.82) is 0 Å². The van der Waals surface area contributed by atoms with Gasteiger partial charge in [0.2, 0.25) is 5.91 Å². The van der Waals surface area contributed by atoms with Crippen molar-refractivity contribution in [1.82, 2.24) is 9.55 Å². The molecule has 8 heteroatoms. The topological polar surface area (TPSA) is 90.0 Å². The highest BCUT2D eigenvalue weighted by atomic mass is 35.5. The first kappa shape index (κ1) is 17.1. The maximum Gasteiger partial charge on any atom is 0.275 e. The number of benzene rings is 1. The minimum absolute atomic E-state index is 0.0929. The molecule has 0 atom stereocenters. The van der Waals surface area contributed by atoms with Crippen LogP contribution in [0.3, 0.4) is 0 Å². The Balaban J connectivity index is 2.05. The Bertz CT molecular complexity index is 774. The van der Waals surface area contributed by atoms with E-state index in [0.717, 1.165) is 11.8 Å². The number of nitrogens with zero attached hydrogens (tertiary/aromatic N) is 2. The molecule has 0 saturated heterocycles. The summed E-state index contributed by atoms with van der Waals surface area (Å²) in [6.07, 6.45) is 1.64. The van der Waals surface area contributed by atoms with Crippen molar-refractivity contribution in [3.8, 4) is 0 Å². The number of nitrogen functional groups attached to an aromatic ring is 1. The van der Waals surface area contributed by atoms with Crippen LogP contribution in [-0.2, 0) is 11.3 Å². The van der Waals surface area contributed by atoms with Crippen molar-refractivity contribution >= 4 is 40.8 Å². The van der Waals surface area contributed by atoms with Crippen LogP contribution in [0.15, 0.2) is 52.9 Å². The third-order valence-electron chi connectivity index (χ3n) is 2.79. The van der Waals surface area contributed by atoms with Crippen LogP contribution >= 0.6 is 23.4 Å². The van der Waals surface area contributed by atoms with E-state index in [1.54, 1.807) is 34.9 Å². The van der Waals surface area contributed by atoms with E-state index in [2.05, 4.69) is 16.9 Å². The number of carbonyl (C=O) groups is 1. The SMILES string of the molecule is C=CCn1c(N)cc(=O)nc1SCC(=O)Nc1ccc(Cl)cc1. The molecule has 0 fully saturated rings. The summed E-state index contributed by atoms with van der Waals surface area (Å²) in [5.74, 6) is 0.153. The Kier molecular flexibility index (Phi) is 5.84. The Morgan fingerprint density at radius 3 is 2.78 bits per heavy atom. The zero-order valence-electron chi connectivity index (χ0n) is 12.2. The molecular weight excluding hydrogens is 336 g/mol. The van der Waals surface area contributed by atoms with Crippen molar-refractivity contribution in [3.05, 3.63) is 58.4 Å². The van der Waals surface area contributed by atoms with Crippen LogP contribution in [0.5, 0.6) is 0 Å². The highest BCUT2D eigenvalue weighted by Crippen LogP contribution is 2.18. The first-order valence-electron chi connectivity index (χ1n) is 6.66. The zero-order valence-corrected chi connectivity index (χ0v) is 13.7. The maximum atomic E-state index is 12.0. The summed E-state index contributed by atoms with van der Waals surface area (Å²) in [4.78, 5) is 27.3. The highest BCUT2D eigenvalue weighted by Gasteiger charge is 2.10. The van der Waals surface area contributed by atoms with Gasteiger partial charge in [-0.05, 0) is 24.3 Å². The molecule has 0 radical (unpaired) electrons. The van der Waals surface area contributed by atoms with Crippen LogP contribution < -0.4 is 16.6 Å². The van der Waals surface area contributed by atoms with Crippen molar-refractivity contribution in [2.24, 2.45) is 0 Å². The van der Waals surface area contributed by atoms with Gasteiger partial charge in [-0.3, -0.25) is 9.59 Å². The number of nitrogens with two attached hydrogens (primary N) is 1. The molecule has 1 aromatic carbocycles. The van der Waals surface area contributed by atoms with E-state index in [1.165, 1.54) is 6.07 Å². The van der Waals surface area contributed by atoms with E-state index in [0.29, 0.717) is 22.4 Å². The van der Waals surface area contributed by atoms with Crippen LogP contribution in [0, 0.1) is 0 Å². The van der Waals surface area contributed by atoms with Crippen molar-refractivity contribution < 1.29 is 4.79 Å². The third kappa shape index (κ3) is 4.87. The molecule has 6 nitrogen and oxygen atoms in total. The van der Waals surface area contributed by atoms with Gasteiger partial charge < -0.3 is 15.6 Å². The number of allylic oxidation sites excluding steroid dienone is 1. The Morgan fingerprint density at radius 1 is 1.43 bits per heavy atom. The van der Waals surface area contributed by atoms with Crippen LogP contribution in [0.2, 0.25) is 5.02 Å². The first-order chi connectivity index (χ1) is 11.0. The molecule has 23 heavy (non-hydrogen) atoms. The molecule has 1 heterocycles. The smallest absolute Gasteiger partial charge is 0.275 e. The molecule has 1 aromatic heterocycles. The molecule has 3 N–H and O–H groups in total. The summed E-state index contributed by atoms with van der Waals surface area (Å²) < 4.78 is 1.62. The van der Waals surface area contributed by atoms with E-state index in [4.69, 9.17) is 17.3 Å². The van der Waals surface area contributed by atoms with Crippen LogP contribution in [-0.4, -0.2) is 21.2 Å². The van der Waals surface area contributed by atoms with Gasteiger partial charge in [0.15, 0.2) is 5.16 Å². The molecule has 1 amide bonds. The van der Waals surface area contributed by atoms with Crippen molar-refractivity contribution in [3.63, 3.8) is 0 Å². The fourth-order valence-electron chi connectivity index (χ4n) is 1.78. The number of thioether (sulfide) groups is 1. The van der Waals surface area contributed by atoms with Crippen LogP contribution in [0.25, 0.3) is 0 Å². The second kappa shape index (κ2) is 7.85. The molecule has 0 aliphatic carbocycles. The molecule has 0 aliphatic rings. The lowest BCUT2D eigenvalue weighted by Gasteiger charge is -2.12. The van der Waals surface area contributed by atoms with Crippen LogP contribution in [0.1, 0.15) is 0 Å². The third-order valence-corrected chi connectivity index (χ3v) is 4.02. The summed E-state index contributed by atoms with van der Waals surface area (Å²) >= 11 is 6.92. The van der Waals surface area contributed by atoms with Gasteiger partial charge in [0.25, 0.3) is 5.56 Å².